The van der Waals surface area contributed by atoms with Crippen LogP contribution in [0.15, 0.2) is 41.9 Å². The molecule has 0 saturated carbocycles. The molecule has 1 heterocycles. The lowest BCUT2D eigenvalue weighted by Crippen LogP contribution is -2.49. The molecule has 1 aromatic heterocycles. The summed E-state index contributed by atoms with van der Waals surface area (Å²) < 4.78 is 0. The molecule has 0 spiro atoms. The molecule has 0 bridgehead atoms. The zero-order valence-electron chi connectivity index (χ0n) is 11.7. The van der Waals surface area contributed by atoms with Crippen LogP contribution in [0.4, 0.5) is 0 Å². The van der Waals surface area contributed by atoms with Crippen LogP contribution in [0.5, 0.6) is 0 Å². The van der Waals surface area contributed by atoms with E-state index in [9.17, 15) is 4.79 Å². The minimum absolute atomic E-state index is 0.158. The number of aromatic nitrogens is 1. The fraction of sp³-hybridized carbons (Fsp3) is 0.333. The van der Waals surface area contributed by atoms with Gasteiger partial charge in [0.25, 0.3) is 0 Å². The predicted molar refractivity (Wildman–Crippen MR) is 81.4 cm³/mol. The van der Waals surface area contributed by atoms with Gasteiger partial charge in [-0.25, -0.2) is 4.98 Å². The van der Waals surface area contributed by atoms with Crippen molar-refractivity contribution in [3.63, 3.8) is 0 Å². The Morgan fingerprint density at radius 1 is 1.40 bits per heavy atom. The maximum atomic E-state index is 12.2. The number of nitrogens with zero attached hydrogens (tertiary/aromatic N) is 1. The first-order valence-corrected chi connectivity index (χ1v) is 7.38. The van der Waals surface area contributed by atoms with Crippen LogP contribution >= 0.6 is 11.3 Å². The Morgan fingerprint density at radius 3 is 2.70 bits per heavy atom. The summed E-state index contributed by atoms with van der Waals surface area (Å²) in [4.78, 5) is 16.4. The topological polar surface area (TPSA) is 68.0 Å². The summed E-state index contributed by atoms with van der Waals surface area (Å²) >= 11 is 1.52. The van der Waals surface area contributed by atoms with Gasteiger partial charge in [-0.3, -0.25) is 4.79 Å². The van der Waals surface area contributed by atoms with E-state index in [-0.39, 0.29) is 5.91 Å². The number of hydrogen-bond donors (Lipinski definition) is 2. The molecule has 106 valence electrons. The smallest absolute Gasteiger partial charge is 0.238 e. The number of nitrogens with one attached hydrogen (secondary N) is 1. The summed E-state index contributed by atoms with van der Waals surface area (Å²) in [5, 5.41) is 5.73. The number of benzene rings is 1. The first kappa shape index (κ1) is 14.7. The van der Waals surface area contributed by atoms with Gasteiger partial charge in [-0.1, -0.05) is 30.3 Å². The van der Waals surface area contributed by atoms with Crippen molar-refractivity contribution in [1.29, 1.82) is 0 Å². The lowest BCUT2D eigenvalue weighted by atomic mass is 10.0. The van der Waals surface area contributed by atoms with Crippen molar-refractivity contribution in [3.8, 4) is 0 Å². The van der Waals surface area contributed by atoms with Gasteiger partial charge in [-0.15, -0.1) is 11.3 Å². The highest BCUT2D eigenvalue weighted by atomic mass is 32.1. The Hall–Kier alpha value is -1.72. The number of amides is 1. The van der Waals surface area contributed by atoms with Gasteiger partial charge in [0.2, 0.25) is 5.91 Å². The summed E-state index contributed by atoms with van der Waals surface area (Å²) in [5.41, 5.74) is 6.54. The molecule has 0 fully saturated rings. The van der Waals surface area contributed by atoms with Crippen molar-refractivity contribution in [1.82, 2.24) is 10.3 Å². The molecule has 0 unspecified atom stereocenters. The Bertz CT molecular complexity index is 552. The van der Waals surface area contributed by atoms with E-state index in [2.05, 4.69) is 10.3 Å². The second-order valence-corrected chi connectivity index (χ2v) is 6.14. The van der Waals surface area contributed by atoms with E-state index in [4.69, 9.17) is 5.73 Å². The lowest BCUT2D eigenvalue weighted by molar-refractivity contribution is -0.124. The summed E-state index contributed by atoms with van der Waals surface area (Å²) in [6, 6.07) is 9.22. The number of carbonyl (C=O) groups excluding carboxylic acids is 1. The van der Waals surface area contributed by atoms with Crippen molar-refractivity contribution in [2.45, 2.75) is 31.8 Å². The van der Waals surface area contributed by atoms with Crippen molar-refractivity contribution in [3.05, 3.63) is 52.5 Å². The first-order chi connectivity index (χ1) is 9.49. The van der Waals surface area contributed by atoms with Gasteiger partial charge < -0.3 is 11.1 Å². The highest BCUT2D eigenvalue weighted by Gasteiger charge is 2.27. The Labute approximate surface area is 123 Å². The number of rotatable bonds is 5. The minimum Gasteiger partial charge on any atom is -0.343 e. The maximum absolute atomic E-state index is 12.2. The Balaban J connectivity index is 1.98. The standard InChI is InChI=1S/C15H19N3OS/c1-15(2,14-17-8-9-20-14)18-13(19)12(16)10-11-6-4-3-5-7-11/h3-9,12H,10,16H2,1-2H3,(H,18,19)/t12-/m1/s1. The average Bonchev–Trinajstić information content (AvgIpc) is 2.94. The molecular weight excluding hydrogens is 270 g/mol. The fourth-order valence-electron chi connectivity index (χ4n) is 1.95. The normalized spacial score (nSPS) is 12.9. The molecule has 1 aromatic carbocycles. The van der Waals surface area contributed by atoms with Gasteiger partial charge in [0.1, 0.15) is 5.01 Å². The Morgan fingerprint density at radius 2 is 2.10 bits per heavy atom. The van der Waals surface area contributed by atoms with E-state index in [1.165, 1.54) is 11.3 Å². The third-order valence-electron chi connectivity index (χ3n) is 3.04. The van der Waals surface area contributed by atoms with Gasteiger partial charge in [-0.2, -0.15) is 0 Å². The largest absolute Gasteiger partial charge is 0.343 e. The van der Waals surface area contributed by atoms with E-state index < -0.39 is 11.6 Å². The molecule has 1 amide bonds. The average molecular weight is 289 g/mol. The molecule has 5 heteroatoms. The van der Waals surface area contributed by atoms with Gasteiger partial charge in [0.05, 0.1) is 11.6 Å². The maximum Gasteiger partial charge on any atom is 0.238 e. The van der Waals surface area contributed by atoms with Crippen molar-refractivity contribution < 1.29 is 4.79 Å². The molecule has 0 aliphatic carbocycles. The van der Waals surface area contributed by atoms with Crippen LogP contribution in [0.2, 0.25) is 0 Å². The van der Waals surface area contributed by atoms with E-state index in [1.807, 2.05) is 49.6 Å². The van der Waals surface area contributed by atoms with E-state index in [0.717, 1.165) is 10.6 Å². The number of carbonyl (C=O) groups is 1. The van der Waals surface area contributed by atoms with Crippen molar-refractivity contribution in [2.75, 3.05) is 0 Å². The third kappa shape index (κ3) is 3.65. The fourth-order valence-corrected chi connectivity index (χ4v) is 2.67. The second-order valence-electron chi connectivity index (χ2n) is 5.25. The van der Waals surface area contributed by atoms with E-state index >= 15 is 0 Å². The highest BCUT2D eigenvalue weighted by Crippen LogP contribution is 2.22. The SMILES string of the molecule is CC(C)(NC(=O)[C@H](N)Cc1ccccc1)c1nccs1. The zero-order chi connectivity index (χ0) is 14.6. The number of nitrogens with two attached hydrogens (primary N) is 1. The van der Waals surface area contributed by atoms with Crippen molar-refractivity contribution >= 4 is 17.2 Å². The minimum atomic E-state index is -0.559. The van der Waals surface area contributed by atoms with Gasteiger partial charge in [0, 0.05) is 11.6 Å². The molecule has 3 N–H and O–H groups in total. The van der Waals surface area contributed by atoms with Crippen LogP contribution in [-0.4, -0.2) is 16.9 Å². The van der Waals surface area contributed by atoms with E-state index in [1.54, 1.807) is 6.20 Å². The lowest BCUT2D eigenvalue weighted by Gasteiger charge is -2.25. The molecular formula is C15H19N3OS. The molecule has 1 atom stereocenters. The monoisotopic (exact) mass is 289 g/mol. The molecule has 20 heavy (non-hydrogen) atoms. The van der Waals surface area contributed by atoms with Crippen molar-refractivity contribution in [2.24, 2.45) is 5.73 Å². The Kier molecular flexibility index (Phi) is 4.52. The zero-order valence-corrected chi connectivity index (χ0v) is 12.5. The summed E-state index contributed by atoms with van der Waals surface area (Å²) in [7, 11) is 0. The molecule has 2 aromatic rings. The van der Waals surface area contributed by atoms with Crippen LogP contribution in [0.25, 0.3) is 0 Å². The third-order valence-corrected chi connectivity index (χ3v) is 4.13. The number of thiazole rings is 1. The predicted octanol–water partition coefficient (Wildman–Crippen LogP) is 2.06. The molecule has 4 nitrogen and oxygen atoms in total. The van der Waals surface area contributed by atoms with Crippen LogP contribution in [0.1, 0.15) is 24.4 Å². The quantitative estimate of drug-likeness (QED) is 0.885. The summed E-state index contributed by atoms with van der Waals surface area (Å²) in [6.07, 6.45) is 2.26. The van der Waals surface area contributed by atoms with Crippen LogP contribution in [-0.2, 0) is 16.8 Å². The summed E-state index contributed by atoms with van der Waals surface area (Å²) in [6.45, 7) is 3.86. The van der Waals surface area contributed by atoms with Gasteiger partial charge >= 0.3 is 0 Å². The molecule has 2 rings (SSSR count). The van der Waals surface area contributed by atoms with Crippen LogP contribution in [0, 0.1) is 0 Å². The first-order valence-electron chi connectivity index (χ1n) is 6.50. The van der Waals surface area contributed by atoms with Gasteiger partial charge in [0.15, 0.2) is 0 Å². The van der Waals surface area contributed by atoms with Gasteiger partial charge in [-0.05, 0) is 25.8 Å². The van der Waals surface area contributed by atoms with Crippen LogP contribution in [0.3, 0.4) is 0 Å². The second kappa shape index (κ2) is 6.15. The molecule has 0 radical (unpaired) electrons. The molecule has 0 saturated heterocycles. The molecule has 0 aliphatic heterocycles. The van der Waals surface area contributed by atoms with E-state index in [0.29, 0.717) is 6.42 Å². The van der Waals surface area contributed by atoms with Crippen LogP contribution < -0.4 is 11.1 Å². The summed E-state index contributed by atoms with van der Waals surface area (Å²) in [5.74, 6) is -0.158. The highest BCUT2D eigenvalue weighted by molar-refractivity contribution is 7.09. The number of hydrogen-bond acceptors (Lipinski definition) is 4. The molecule has 0 aliphatic rings.